The van der Waals surface area contributed by atoms with E-state index in [4.69, 9.17) is 0 Å². The third-order valence-electron chi connectivity index (χ3n) is 3.29. The van der Waals surface area contributed by atoms with Gasteiger partial charge in [0.2, 0.25) is 0 Å². The predicted octanol–water partition coefficient (Wildman–Crippen LogP) is 3.60. The largest absolute Gasteiger partial charge is 0.314 e. The zero-order chi connectivity index (χ0) is 13.5. The van der Waals surface area contributed by atoms with Crippen LogP contribution in [0.25, 0.3) is 0 Å². The third kappa shape index (κ3) is 4.77. The third-order valence-corrected chi connectivity index (χ3v) is 4.09. The summed E-state index contributed by atoms with van der Waals surface area (Å²) in [7, 11) is 0. The summed E-state index contributed by atoms with van der Waals surface area (Å²) in [5.41, 5.74) is 4.70. The fourth-order valence-electron chi connectivity index (χ4n) is 2.36. The molecule has 1 heterocycles. The average molecular weight is 274 g/mol. The summed E-state index contributed by atoms with van der Waals surface area (Å²) >= 11 is 1.75. The van der Waals surface area contributed by atoms with E-state index in [1.807, 2.05) is 11.7 Å². The summed E-state index contributed by atoms with van der Waals surface area (Å²) in [6, 6.07) is 9.36. The molecule has 2 aromatic rings. The Balaban J connectivity index is 1.89. The van der Waals surface area contributed by atoms with Crippen LogP contribution >= 0.6 is 11.3 Å². The van der Waals surface area contributed by atoms with Crippen LogP contribution in [0.5, 0.6) is 0 Å². The number of nitrogens with one attached hydrogen (secondary N) is 1. The molecule has 1 aromatic carbocycles. The first-order chi connectivity index (χ1) is 9.28. The Bertz CT molecular complexity index is 479. The number of hydrogen-bond acceptors (Lipinski definition) is 3. The predicted molar refractivity (Wildman–Crippen MR) is 82.8 cm³/mol. The zero-order valence-electron chi connectivity index (χ0n) is 11.7. The van der Waals surface area contributed by atoms with Gasteiger partial charge in [0.15, 0.2) is 0 Å². The van der Waals surface area contributed by atoms with Crippen LogP contribution in [0.3, 0.4) is 0 Å². The highest BCUT2D eigenvalue weighted by molar-refractivity contribution is 7.09. The SMILES string of the molecule is CCNC(CCc1cccc(C)c1)Cc1cncs1. The van der Waals surface area contributed by atoms with Crippen LogP contribution in [-0.4, -0.2) is 17.6 Å². The molecule has 1 unspecified atom stereocenters. The van der Waals surface area contributed by atoms with Crippen LogP contribution in [0.2, 0.25) is 0 Å². The standard InChI is InChI=1S/C16H22N2S/c1-3-18-15(10-16-11-17-12-19-16)8-7-14-6-4-5-13(2)9-14/h4-6,9,11-12,15,18H,3,7-8,10H2,1-2H3. The monoisotopic (exact) mass is 274 g/mol. The van der Waals surface area contributed by atoms with E-state index >= 15 is 0 Å². The number of hydrogen-bond donors (Lipinski definition) is 1. The van der Waals surface area contributed by atoms with Crippen LogP contribution < -0.4 is 5.32 Å². The van der Waals surface area contributed by atoms with E-state index in [0.29, 0.717) is 6.04 Å². The second kappa shape index (κ2) is 7.41. The molecule has 1 aromatic heterocycles. The second-order valence-corrected chi connectivity index (χ2v) is 5.93. The van der Waals surface area contributed by atoms with Crippen molar-refractivity contribution in [3.63, 3.8) is 0 Å². The Morgan fingerprint density at radius 2 is 2.26 bits per heavy atom. The van der Waals surface area contributed by atoms with Gasteiger partial charge in [-0.05, 0) is 38.3 Å². The lowest BCUT2D eigenvalue weighted by molar-refractivity contribution is 0.493. The molecule has 0 fully saturated rings. The number of aryl methyl sites for hydroxylation is 2. The maximum absolute atomic E-state index is 4.16. The lowest BCUT2D eigenvalue weighted by atomic mass is 10.0. The first-order valence-corrected chi connectivity index (χ1v) is 7.82. The molecule has 1 N–H and O–H groups in total. The smallest absolute Gasteiger partial charge is 0.0794 e. The van der Waals surface area contributed by atoms with Crippen LogP contribution in [-0.2, 0) is 12.8 Å². The molecule has 3 heteroatoms. The molecule has 2 nitrogen and oxygen atoms in total. The summed E-state index contributed by atoms with van der Waals surface area (Å²) < 4.78 is 0. The fourth-order valence-corrected chi connectivity index (χ4v) is 3.04. The second-order valence-electron chi connectivity index (χ2n) is 4.95. The summed E-state index contributed by atoms with van der Waals surface area (Å²) in [4.78, 5) is 5.53. The van der Waals surface area contributed by atoms with E-state index in [-0.39, 0.29) is 0 Å². The van der Waals surface area contributed by atoms with E-state index in [9.17, 15) is 0 Å². The van der Waals surface area contributed by atoms with Crippen molar-refractivity contribution in [1.82, 2.24) is 10.3 Å². The quantitative estimate of drug-likeness (QED) is 0.834. The van der Waals surface area contributed by atoms with Gasteiger partial charge in [-0.1, -0.05) is 36.8 Å². The van der Waals surface area contributed by atoms with Gasteiger partial charge in [0.25, 0.3) is 0 Å². The first kappa shape index (κ1) is 14.2. The summed E-state index contributed by atoms with van der Waals surface area (Å²) in [5.74, 6) is 0. The van der Waals surface area contributed by atoms with Gasteiger partial charge in [-0.2, -0.15) is 0 Å². The highest BCUT2D eigenvalue weighted by Crippen LogP contribution is 2.13. The maximum Gasteiger partial charge on any atom is 0.0794 e. The average Bonchev–Trinajstić information content (AvgIpc) is 2.89. The fraction of sp³-hybridized carbons (Fsp3) is 0.438. The molecular weight excluding hydrogens is 252 g/mol. The molecule has 0 saturated carbocycles. The Kier molecular flexibility index (Phi) is 5.55. The van der Waals surface area contributed by atoms with E-state index in [1.54, 1.807) is 11.3 Å². The molecule has 2 rings (SSSR count). The molecule has 0 bridgehead atoms. The van der Waals surface area contributed by atoms with Gasteiger partial charge in [-0.3, -0.25) is 4.98 Å². The number of nitrogens with zero attached hydrogens (tertiary/aromatic N) is 1. The first-order valence-electron chi connectivity index (χ1n) is 6.94. The van der Waals surface area contributed by atoms with Crippen LogP contribution in [0, 0.1) is 6.92 Å². The Labute approximate surface area is 119 Å². The number of likely N-dealkylation sites (N-methyl/N-ethyl adjacent to an activating group) is 1. The van der Waals surface area contributed by atoms with E-state index in [2.05, 4.69) is 48.4 Å². The number of thiazole rings is 1. The maximum atomic E-state index is 4.16. The van der Waals surface area contributed by atoms with Gasteiger partial charge in [0.05, 0.1) is 5.51 Å². The molecule has 0 aliphatic carbocycles. The topological polar surface area (TPSA) is 24.9 Å². The number of benzene rings is 1. The Morgan fingerprint density at radius 3 is 2.95 bits per heavy atom. The minimum Gasteiger partial charge on any atom is -0.314 e. The Morgan fingerprint density at radius 1 is 1.37 bits per heavy atom. The molecule has 0 aliphatic heterocycles. The van der Waals surface area contributed by atoms with Gasteiger partial charge in [0, 0.05) is 17.1 Å². The summed E-state index contributed by atoms with van der Waals surface area (Å²) in [6.45, 7) is 5.35. The molecule has 0 spiro atoms. The molecule has 102 valence electrons. The molecular formula is C16H22N2S. The minimum absolute atomic E-state index is 0.547. The van der Waals surface area contributed by atoms with Crippen LogP contribution in [0.4, 0.5) is 0 Å². The Hall–Kier alpha value is -1.19. The van der Waals surface area contributed by atoms with Crippen molar-refractivity contribution in [1.29, 1.82) is 0 Å². The van der Waals surface area contributed by atoms with Gasteiger partial charge in [-0.25, -0.2) is 0 Å². The molecule has 0 saturated heterocycles. The van der Waals surface area contributed by atoms with E-state index < -0.39 is 0 Å². The lowest BCUT2D eigenvalue weighted by Gasteiger charge is -2.17. The number of aromatic nitrogens is 1. The van der Waals surface area contributed by atoms with Crippen molar-refractivity contribution in [2.75, 3.05) is 6.54 Å². The molecule has 0 amide bonds. The normalized spacial score (nSPS) is 12.5. The van der Waals surface area contributed by atoms with Crippen molar-refractivity contribution in [2.45, 2.75) is 39.2 Å². The van der Waals surface area contributed by atoms with Crippen LogP contribution in [0.15, 0.2) is 36.0 Å². The number of rotatable bonds is 7. The van der Waals surface area contributed by atoms with Gasteiger partial charge >= 0.3 is 0 Å². The van der Waals surface area contributed by atoms with Crippen molar-refractivity contribution in [2.24, 2.45) is 0 Å². The zero-order valence-corrected chi connectivity index (χ0v) is 12.5. The molecule has 19 heavy (non-hydrogen) atoms. The van der Waals surface area contributed by atoms with Crippen molar-refractivity contribution in [3.8, 4) is 0 Å². The molecule has 0 radical (unpaired) electrons. The molecule has 0 aliphatic rings. The molecule has 1 atom stereocenters. The van der Waals surface area contributed by atoms with Gasteiger partial charge in [0.1, 0.15) is 0 Å². The van der Waals surface area contributed by atoms with Crippen LogP contribution in [0.1, 0.15) is 29.3 Å². The lowest BCUT2D eigenvalue weighted by Crippen LogP contribution is -2.31. The van der Waals surface area contributed by atoms with Crippen molar-refractivity contribution in [3.05, 3.63) is 52.0 Å². The van der Waals surface area contributed by atoms with E-state index in [1.165, 1.54) is 22.4 Å². The highest BCUT2D eigenvalue weighted by Gasteiger charge is 2.09. The highest BCUT2D eigenvalue weighted by atomic mass is 32.1. The van der Waals surface area contributed by atoms with Gasteiger partial charge in [-0.15, -0.1) is 11.3 Å². The summed E-state index contributed by atoms with van der Waals surface area (Å²) in [5, 5.41) is 3.58. The van der Waals surface area contributed by atoms with Crippen molar-refractivity contribution < 1.29 is 0 Å². The van der Waals surface area contributed by atoms with E-state index in [0.717, 1.165) is 19.4 Å². The van der Waals surface area contributed by atoms with Crippen molar-refractivity contribution >= 4 is 11.3 Å². The minimum atomic E-state index is 0.547. The summed E-state index contributed by atoms with van der Waals surface area (Å²) in [6.07, 6.45) is 5.39. The van der Waals surface area contributed by atoms with Gasteiger partial charge < -0.3 is 5.32 Å².